The van der Waals surface area contributed by atoms with Gasteiger partial charge in [-0.25, -0.2) is 26.3 Å². The number of hydrogen-bond donors (Lipinski definition) is 1. The van der Waals surface area contributed by atoms with E-state index >= 15 is 0 Å². The fourth-order valence-electron chi connectivity index (χ4n) is 1.76. The molecular formula is C14H12F3NO2S. The lowest BCUT2D eigenvalue weighted by molar-refractivity contribution is 0.504. The van der Waals surface area contributed by atoms with Crippen molar-refractivity contribution >= 4 is 10.0 Å². The van der Waals surface area contributed by atoms with Gasteiger partial charge in [-0.1, -0.05) is 6.07 Å². The Morgan fingerprint density at radius 3 is 2.14 bits per heavy atom. The summed E-state index contributed by atoms with van der Waals surface area (Å²) >= 11 is 0. The van der Waals surface area contributed by atoms with E-state index in [2.05, 4.69) is 4.72 Å². The van der Waals surface area contributed by atoms with Crippen molar-refractivity contribution in [1.82, 2.24) is 4.72 Å². The van der Waals surface area contributed by atoms with Crippen LogP contribution in [-0.2, 0) is 10.0 Å². The predicted octanol–water partition coefficient (Wildman–Crippen LogP) is 3.14. The highest BCUT2D eigenvalue weighted by Gasteiger charge is 2.19. The van der Waals surface area contributed by atoms with Crippen molar-refractivity contribution in [3.8, 4) is 0 Å². The van der Waals surface area contributed by atoms with Crippen molar-refractivity contribution in [2.45, 2.75) is 17.9 Å². The summed E-state index contributed by atoms with van der Waals surface area (Å²) in [6.45, 7) is 1.49. The zero-order valence-electron chi connectivity index (χ0n) is 11.0. The van der Waals surface area contributed by atoms with Crippen molar-refractivity contribution in [1.29, 1.82) is 0 Å². The van der Waals surface area contributed by atoms with E-state index in [9.17, 15) is 21.6 Å². The SMILES string of the molecule is C[C@H](NS(=O)(=O)c1ccc(F)cc1)c1ccc(F)c(F)c1. The molecule has 1 N–H and O–H groups in total. The van der Waals surface area contributed by atoms with Gasteiger partial charge >= 0.3 is 0 Å². The molecular weight excluding hydrogens is 303 g/mol. The Morgan fingerprint density at radius 1 is 0.952 bits per heavy atom. The van der Waals surface area contributed by atoms with Gasteiger partial charge in [0, 0.05) is 6.04 Å². The lowest BCUT2D eigenvalue weighted by atomic mass is 10.1. The molecule has 0 amide bonds. The Balaban J connectivity index is 2.23. The minimum Gasteiger partial charge on any atom is -0.207 e. The van der Waals surface area contributed by atoms with Gasteiger partial charge < -0.3 is 0 Å². The van der Waals surface area contributed by atoms with Gasteiger partial charge in [0.05, 0.1) is 4.90 Å². The Morgan fingerprint density at radius 2 is 1.57 bits per heavy atom. The van der Waals surface area contributed by atoms with Crippen LogP contribution < -0.4 is 4.72 Å². The van der Waals surface area contributed by atoms with Gasteiger partial charge in [0.25, 0.3) is 0 Å². The number of rotatable bonds is 4. The van der Waals surface area contributed by atoms with Crippen LogP contribution in [0.4, 0.5) is 13.2 Å². The van der Waals surface area contributed by atoms with Gasteiger partial charge in [0.2, 0.25) is 10.0 Å². The molecule has 0 aliphatic carbocycles. The van der Waals surface area contributed by atoms with Crippen LogP contribution in [0.5, 0.6) is 0 Å². The molecule has 2 aromatic rings. The average molecular weight is 315 g/mol. The molecule has 0 saturated heterocycles. The smallest absolute Gasteiger partial charge is 0.207 e. The van der Waals surface area contributed by atoms with Crippen molar-refractivity contribution < 1.29 is 21.6 Å². The summed E-state index contributed by atoms with van der Waals surface area (Å²) in [6, 6.07) is 6.66. The molecule has 0 aliphatic heterocycles. The molecule has 0 radical (unpaired) electrons. The highest BCUT2D eigenvalue weighted by atomic mass is 32.2. The summed E-state index contributed by atoms with van der Waals surface area (Å²) in [7, 11) is -3.88. The van der Waals surface area contributed by atoms with Crippen molar-refractivity contribution in [2.24, 2.45) is 0 Å². The first kappa shape index (κ1) is 15.5. The largest absolute Gasteiger partial charge is 0.241 e. The lowest BCUT2D eigenvalue weighted by Gasteiger charge is -2.15. The van der Waals surface area contributed by atoms with Gasteiger partial charge in [-0.15, -0.1) is 0 Å². The van der Waals surface area contributed by atoms with Crippen LogP contribution in [0.3, 0.4) is 0 Å². The zero-order valence-corrected chi connectivity index (χ0v) is 11.8. The van der Waals surface area contributed by atoms with Gasteiger partial charge in [0.1, 0.15) is 5.82 Å². The maximum absolute atomic E-state index is 13.1. The van der Waals surface area contributed by atoms with Crippen LogP contribution in [0.25, 0.3) is 0 Å². The third-order valence-electron chi connectivity index (χ3n) is 2.90. The number of sulfonamides is 1. The van der Waals surface area contributed by atoms with E-state index in [0.717, 1.165) is 36.4 Å². The van der Waals surface area contributed by atoms with Gasteiger partial charge in [-0.3, -0.25) is 0 Å². The van der Waals surface area contributed by atoms with E-state index in [0.29, 0.717) is 0 Å². The summed E-state index contributed by atoms with van der Waals surface area (Å²) < 4.78 is 65.3. The second kappa shape index (κ2) is 5.87. The minimum atomic E-state index is -3.88. The predicted molar refractivity (Wildman–Crippen MR) is 71.5 cm³/mol. The van der Waals surface area contributed by atoms with Crippen LogP contribution in [0, 0.1) is 17.5 Å². The molecule has 0 saturated carbocycles. The average Bonchev–Trinajstić information content (AvgIpc) is 2.41. The molecule has 2 rings (SSSR count). The Bertz CT molecular complexity index is 745. The van der Waals surface area contributed by atoms with Crippen LogP contribution >= 0.6 is 0 Å². The van der Waals surface area contributed by atoms with Gasteiger partial charge in [-0.05, 0) is 48.9 Å². The first-order valence-electron chi connectivity index (χ1n) is 6.02. The fraction of sp³-hybridized carbons (Fsp3) is 0.143. The number of nitrogens with one attached hydrogen (secondary N) is 1. The third-order valence-corrected chi connectivity index (χ3v) is 4.46. The fourth-order valence-corrected chi connectivity index (χ4v) is 3.00. The zero-order chi connectivity index (χ0) is 15.6. The molecule has 3 nitrogen and oxygen atoms in total. The molecule has 7 heteroatoms. The molecule has 0 aliphatic rings. The van der Waals surface area contributed by atoms with Crippen molar-refractivity contribution in [3.63, 3.8) is 0 Å². The molecule has 0 heterocycles. The molecule has 0 fully saturated rings. The normalized spacial score (nSPS) is 13.1. The Kier molecular flexibility index (Phi) is 4.34. The van der Waals surface area contributed by atoms with E-state index < -0.39 is 33.5 Å². The van der Waals surface area contributed by atoms with Crippen molar-refractivity contribution in [2.75, 3.05) is 0 Å². The van der Waals surface area contributed by atoms with Crippen LogP contribution in [0.1, 0.15) is 18.5 Å². The van der Waals surface area contributed by atoms with Crippen LogP contribution in [-0.4, -0.2) is 8.42 Å². The standard InChI is InChI=1S/C14H12F3NO2S/c1-9(10-2-7-13(16)14(17)8-10)18-21(19,20)12-5-3-11(15)4-6-12/h2-9,18H,1H3/t9-/m0/s1. The number of benzene rings is 2. The maximum atomic E-state index is 13.1. The summed E-state index contributed by atoms with van der Waals surface area (Å²) in [5, 5.41) is 0. The first-order valence-corrected chi connectivity index (χ1v) is 7.51. The second-order valence-electron chi connectivity index (χ2n) is 4.47. The molecule has 21 heavy (non-hydrogen) atoms. The highest BCUT2D eigenvalue weighted by Crippen LogP contribution is 2.19. The number of halogens is 3. The Labute approximate surface area is 120 Å². The molecule has 0 spiro atoms. The van der Waals surface area contributed by atoms with Crippen LogP contribution in [0.2, 0.25) is 0 Å². The number of hydrogen-bond acceptors (Lipinski definition) is 2. The summed E-state index contributed by atoms with van der Waals surface area (Å²) in [5.74, 6) is -2.62. The quantitative estimate of drug-likeness (QED) is 0.942. The molecule has 2 aromatic carbocycles. The van der Waals surface area contributed by atoms with E-state index in [1.54, 1.807) is 0 Å². The molecule has 112 valence electrons. The van der Waals surface area contributed by atoms with Gasteiger partial charge in [-0.2, -0.15) is 0 Å². The van der Waals surface area contributed by atoms with E-state index in [1.807, 2.05) is 0 Å². The topological polar surface area (TPSA) is 46.2 Å². The summed E-state index contributed by atoms with van der Waals surface area (Å²) in [4.78, 5) is -0.113. The second-order valence-corrected chi connectivity index (χ2v) is 6.18. The molecule has 0 unspecified atom stereocenters. The minimum absolute atomic E-state index is 0.113. The van der Waals surface area contributed by atoms with Crippen LogP contribution in [0.15, 0.2) is 47.4 Å². The molecule has 0 aromatic heterocycles. The Hall–Kier alpha value is -1.86. The first-order chi connectivity index (χ1) is 9.79. The molecule has 0 bridgehead atoms. The highest BCUT2D eigenvalue weighted by molar-refractivity contribution is 7.89. The van der Waals surface area contributed by atoms with Gasteiger partial charge in [0.15, 0.2) is 11.6 Å². The van der Waals surface area contributed by atoms with Crippen molar-refractivity contribution in [3.05, 3.63) is 65.5 Å². The third kappa shape index (κ3) is 3.62. The summed E-state index contributed by atoms with van der Waals surface area (Å²) in [5.41, 5.74) is 0.277. The lowest BCUT2D eigenvalue weighted by Crippen LogP contribution is -2.27. The van der Waals surface area contributed by atoms with E-state index in [1.165, 1.54) is 13.0 Å². The molecule has 1 atom stereocenters. The van der Waals surface area contributed by atoms with E-state index in [-0.39, 0.29) is 10.5 Å². The summed E-state index contributed by atoms with van der Waals surface area (Å²) in [6.07, 6.45) is 0. The monoisotopic (exact) mass is 315 g/mol. The maximum Gasteiger partial charge on any atom is 0.241 e. The van der Waals surface area contributed by atoms with E-state index in [4.69, 9.17) is 0 Å².